The lowest BCUT2D eigenvalue weighted by molar-refractivity contribution is 0.583. The zero-order valence-corrected chi connectivity index (χ0v) is 14.1. The van der Waals surface area contributed by atoms with Gasteiger partial charge in [-0.25, -0.2) is 23.1 Å². The number of hydrogen-bond donors (Lipinski definition) is 2. The van der Waals surface area contributed by atoms with Gasteiger partial charge in [0.2, 0.25) is 10.0 Å². The summed E-state index contributed by atoms with van der Waals surface area (Å²) in [5, 5.41) is 5.09. The van der Waals surface area contributed by atoms with Crippen LogP contribution in [0, 0.1) is 6.92 Å². The molecule has 0 saturated heterocycles. The van der Waals surface area contributed by atoms with Crippen molar-refractivity contribution in [2.24, 2.45) is 0 Å². The largest absolute Gasteiger partial charge is 0.367 e. The minimum Gasteiger partial charge on any atom is -0.367 e. The second-order valence-electron chi connectivity index (χ2n) is 4.99. The number of aryl methyl sites for hydroxylation is 1. The lowest BCUT2D eigenvalue weighted by Gasteiger charge is -2.09. The van der Waals surface area contributed by atoms with Crippen molar-refractivity contribution in [1.29, 1.82) is 0 Å². The number of anilines is 1. The molecule has 0 amide bonds. The number of rotatable bonds is 6. The van der Waals surface area contributed by atoms with Crippen molar-refractivity contribution in [3.63, 3.8) is 0 Å². The minimum absolute atomic E-state index is 0.269. The van der Waals surface area contributed by atoms with Crippen LogP contribution in [0.5, 0.6) is 0 Å². The van der Waals surface area contributed by atoms with Gasteiger partial charge < -0.3 is 5.32 Å². The number of fused-ring (bicyclic) bond motifs is 1. The Morgan fingerprint density at radius 3 is 2.65 bits per heavy atom. The molecule has 0 radical (unpaired) electrons. The molecule has 2 aromatic heterocycles. The second-order valence-corrected chi connectivity index (χ2v) is 7.68. The van der Waals surface area contributed by atoms with E-state index in [1.165, 1.54) is 6.33 Å². The molecule has 2 heterocycles. The first kappa shape index (κ1) is 15.9. The van der Waals surface area contributed by atoms with Crippen LogP contribution in [0.1, 0.15) is 5.56 Å². The zero-order valence-electron chi connectivity index (χ0n) is 12.5. The topological polar surface area (TPSA) is 84.0 Å². The molecule has 0 aliphatic heterocycles. The smallest absolute Gasteiger partial charge is 0.240 e. The number of aromatic nitrogens is 2. The number of thiophene rings is 1. The van der Waals surface area contributed by atoms with Crippen molar-refractivity contribution in [3.8, 4) is 0 Å². The summed E-state index contributed by atoms with van der Waals surface area (Å²) in [6.07, 6.45) is 1.49. The Kier molecular flexibility index (Phi) is 4.56. The number of nitrogens with zero attached hydrogens (tertiary/aromatic N) is 2. The number of hydrogen-bond acceptors (Lipinski definition) is 6. The van der Waals surface area contributed by atoms with Crippen LogP contribution in [0.25, 0.3) is 10.2 Å². The van der Waals surface area contributed by atoms with Gasteiger partial charge in [0.25, 0.3) is 0 Å². The van der Waals surface area contributed by atoms with Crippen LogP contribution in [0.15, 0.2) is 46.9 Å². The summed E-state index contributed by atoms with van der Waals surface area (Å²) in [5.74, 6) is 0.722. The predicted molar refractivity (Wildman–Crippen MR) is 92.3 cm³/mol. The molecule has 0 aliphatic carbocycles. The van der Waals surface area contributed by atoms with E-state index >= 15 is 0 Å². The molecule has 2 N–H and O–H groups in total. The van der Waals surface area contributed by atoms with Gasteiger partial charge in [0.1, 0.15) is 12.1 Å². The highest BCUT2D eigenvalue weighted by Gasteiger charge is 2.12. The zero-order chi connectivity index (χ0) is 16.3. The molecule has 0 aliphatic rings. The molecular formula is C15H16N4O2S2. The van der Waals surface area contributed by atoms with Crippen LogP contribution in [0.2, 0.25) is 0 Å². The molecule has 0 unspecified atom stereocenters. The summed E-state index contributed by atoms with van der Waals surface area (Å²) in [6.45, 7) is 2.63. The van der Waals surface area contributed by atoms with Gasteiger partial charge in [-0.1, -0.05) is 17.7 Å². The fraction of sp³-hybridized carbons (Fsp3) is 0.200. The predicted octanol–water partition coefficient (Wildman–Crippen LogP) is 2.39. The van der Waals surface area contributed by atoms with Gasteiger partial charge in [-0.05, 0) is 30.5 Å². The van der Waals surface area contributed by atoms with Gasteiger partial charge in [0.05, 0.1) is 15.1 Å². The molecule has 23 heavy (non-hydrogen) atoms. The molecule has 0 bridgehead atoms. The normalized spacial score (nSPS) is 11.7. The Hall–Kier alpha value is -2.03. The number of sulfonamides is 1. The summed E-state index contributed by atoms with van der Waals surface area (Å²) >= 11 is 1.55. The Morgan fingerprint density at radius 2 is 1.87 bits per heavy atom. The van der Waals surface area contributed by atoms with Crippen LogP contribution in [-0.2, 0) is 10.0 Å². The monoisotopic (exact) mass is 348 g/mol. The summed E-state index contributed by atoms with van der Waals surface area (Å²) < 4.78 is 27.9. The molecule has 120 valence electrons. The average molecular weight is 348 g/mol. The van der Waals surface area contributed by atoms with E-state index < -0.39 is 10.0 Å². The van der Waals surface area contributed by atoms with Crippen molar-refractivity contribution in [1.82, 2.24) is 14.7 Å². The van der Waals surface area contributed by atoms with Gasteiger partial charge in [0, 0.05) is 13.1 Å². The Bertz CT molecular complexity index is 905. The Balaban J connectivity index is 1.59. The fourth-order valence-electron chi connectivity index (χ4n) is 2.08. The van der Waals surface area contributed by atoms with Crippen LogP contribution in [0.4, 0.5) is 5.82 Å². The van der Waals surface area contributed by atoms with E-state index in [0.717, 1.165) is 21.6 Å². The van der Waals surface area contributed by atoms with Crippen molar-refractivity contribution in [2.75, 3.05) is 18.4 Å². The van der Waals surface area contributed by atoms with Crippen molar-refractivity contribution in [3.05, 3.63) is 47.6 Å². The Morgan fingerprint density at radius 1 is 1.09 bits per heavy atom. The van der Waals surface area contributed by atoms with E-state index in [1.807, 2.05) is 18.4 Å². The quantitative estimate of drug-likeness (QED) is 0.668. The maximum atomic E-state index is 12.2. The van der Waals surface area contributed by atoms with E-state index in [4.69, 9.17) is 0 Å². The standard InChI is InChI=1S/C15H16N4O2S2/c1-11-2-4-12(5-3-11)23(20,21)19-8-7-16-15-14-13(6-9-22-14)17-10-18-15/h2-6,9-10,19H,7-8H2,1H3,(H,16,17,18). The van der Waals surface area contributed by atoms with E-state index in [-0.39, 0.29) is 11.4 Å². The molecule has 0 spiro atoms. The second kappa shape index (κ2) is 6.61. The van der Waals surface area contributed by atoms with E-state index in [2.05, 4.69) is 20.0 Å². The van der Waals surface area contributed by atoms with Crippen molar-refractivity contribution >= 4 is 37.4 Å². The highest BCUT2D eigenvalue weighted by molar-refractivity contribution is 7.89. The van der Waals surface area contributed by atoms with E-state index in [1.54, 1.807) is 35.6 Å². The summed E-state index contributed by atoms with van der Waals surface area (Å²) in [5.41, 5.74) is 1.90. The van der Waals surface area contributed by atoms with Gasteiger partial charge >= 0.3 is 0 Å². The van der Waals surface area contributed by atoms with E-state index in [9.17, 15) is 8.42 Å². The van der Waals surface area contributed by atoms with Gasteiger partial charge in [-0.15, -0.1) is 11.3 Å². The highest BCUT2D eigenvalue weighted by Crippen LogP contribution is 2.24. The molecule has 6 nitrogen and oxygen atoms in total. The maximum Gasteiger partial charge on any atom is 0.240 e. The average Bonchev–Trinajstić information content (AvgIpc) is 3.01. The maximum absolute atomic E-state index is 12.2. The van der Waals surface area contributed by atoms with E-state index in [0.29, 0.717) is 6.54 Å². The lowest BCUT2D eigenvalue weighted by Crippen LogP contribution is -2.29. The van der Waals surface area contributed by atoms with Gasteiger partial charge in [-0.2, -0.15) is 0 Å². The molecule has 0 saturated carbocycles. The van der Waals surface area contributed by atoms with Gasteiger partial charge in [-0.3, -0.25) is 0 Å². The summed E-state index contributed by atoms with van der Waals surface area (Å²) in [6, 6.07) is 8.69. The van der Waals surface area contributed by atoms with Crippen molar-refractivity contribution in [2.45, 2.75) is 11.8 Å². The van der Waals surface area contributed by atoms with Crippen LogP contribution in [-0.4, -0.2) is 31.5 Å². The number of nitrogens with one attached hydrogen (secondary N) is 2. The first-order valence-corrected chi connectivity index (χ1v) is 9.41. The molecule has 1 aromatic carbocycles. The summed E-state index contributed by atoms with van der Waals surface area (Å²) in [4.78, 5) is 8.63. The first-order chi connectivity index (χ1) is 11.1. The number of benzene rings is 1. The Labute approximate surface area is 138 Å². The van der Waals surface area contributed by atoms with Crippen LogP contribution >= 0.6 is 11.3 Å². The third kappa shape index (κ3) is 3.66. The third-order valence-electron chi connectivity index (χ3n) is 3.28. The molecular weight excluding hydrogens is 332 g/mol. The van der Waals surface area contributed by atoms with Crippen LogP contribution < -0.4 is 10.0 Å². The minimum atomic E-state index is -3.48. The fourth-order valence-corrected chi connectivity index (χ4v) is 3.92. The summed E-state index contributed by atoms with van der Waals surface area (Å²) in [7, 11) is -3.48. The lowest BCUT2D eigenvalue weighted by atomic mass is 10.2. The molecule has 3 rings (SSSR count). The van der Waals surface area contributed by atoms with Crippen molar-refractivity contribution < 1.29 is 8.42 Å². The van der Waals surface area contributed by atoms with Gasteiger partial charge in [0.15, 0.2) is 0 Å². The highest BCUT2D eigenvalue weighted by atomic mass is 32.2. The third-order valence-corrected chi connectivity index (χ3v) is 5.67. The molecule has 8 heteroatoms. The molecule has 3 aromatic rings. The SMILES string of the molecule is Cc1ccc(S(=O)(=O)NCCNc2ncnc3ccsc23)cc1. The molecule has 0 atom stereocenters. The first-order valence-electron chi connectivity index (χ1n) is 7.05. The van der Waals surface area contributed by atoms with Crippen LogP contribution in [0.3, 0.4) is 0 Å². The molecule has 0 fully saturated rings.